The summed E-state index contributed by atoms with van der Waals surface area (Å²) in [4.78, 5) is 11.4. The summed E-state index contributed by atoms with van der Waals surface area (Å²) >= 11 is 5.56. The molecule has 0 saturated carbocycles. The third kappa shape index (κ3) is 3.52. The fraction of sp³-hybridized carbons (Fsp3) is 0.571. The Morgan fingerprint density at radius 3 is 2.92 bits per heavy atom. The fourth-order valence-electron chi connectivity index (χ4n) is 0.626. The molecule has 0 aliphatic rings. The van der Waals surface area contributed by atoms with Crippen molar-refractivity contribution in [3.63, 3.8) is 0 Å². The molecular formula is C7H12ClN5. The predicted molar refractivity (Wildman–Crippen MR) is 51.3 cm³/mol. The summed E-state index contributed by atoms with van der Waals surface area (Å²) in [6, 6.07) is 0.357. The predicted octanol–water partition coefficient (Wildman–Crippen LogP) is 1.24. The van der Waals surface area contributed by atoms with Gasteiger partial charge in [0.1, 0.15) is 6.33 Å². The highest BCUT2D eigenvalue weighted by Crippen LogP contribution is 2.00. The van der Waals surface area contributed by atoms with Crippen molar-refractivity contribution in [2.24, 2.45) is 0 Å². The summed E-state index contributed by atoms with van der Waals surface area (Å²) in [5.41, 5.74) is 5.85. The summed E-state index contributed by atoms with van der Waals surface area (Å²) in [6.45, 7) is 4.13. The average molecular weight is 202 g/mol. The monoisotopic (exact) mass is 201 g/mol. The summed E-state index contributed by atoms with van der Waals surface area (Å²) in [6.07, 6.45) is 2.38. The third-order valence-electron chi connectivity index (χ3n) is 1.59. The highest BCUT2D eigenvalue weighted by molar-refractivity contribution is 6.28. The molecule has 0 spiro atoms. The van der Waals surface area contributed by atoms with Gasteiger partial charge in [0.05, 0.1) is 0 Å². The van der Waals surface area contributed by atoms with Crippen molar-refractivity contribution in [1.82, 2.24) is 20.4 Å². The van der Waals surface area contributed by atoms with Crippen LogP contribution in [0.5, 0.6) is 0 Å². The molecule has 1 rings (SSSR count). The Hall–Kier alpha value is -0.940. The van der Waals surface area contributed by atoms with E-state index in [1.807, 2.05) is 0 Å². The second-order valence-corrected chi connectivity index (χ2v) is 2.99. The molecule has 1 heterocycles. The lowest BCUT2D eigenvalue weighted by Crippen LogP contribution is -2.31. The molecule has 0 bridgehead atoms. The van der Waals surface area contributed by atoms with Crippen molar-refractivity contribution < 1.29 is 0 Å². The quantitative estimate of drug-likeness (QED) is 0.718. The number of hydrazine groups is 1. The van der Waals surface area contributed by atoms with E-state index in [2.05, 4.69) is 39.7 Å². The van der Waals surface area contributed by atoms with Crippen molar-refractivity contribution in [3.05, 3.63) is 11.6 Å². The van der Waals surface area contributed by atoms with Gasteiger partial charge in [0.2, 0.25) is 11.2 Å². The lowest BCUT2D eigenvalue weighted by atomic mass is 10.3. The number of aromatic nitrogens is 3. The maximum absolute atomic E-state index is 5.56. The van der Waals surface area contributed by atoms with Crippen molar-refractivity contribution in [2.45, 2.75) is 26.3 Å². The van der Waals surface area contributed by atoms with Crippen LogP contribution in [0.15, 0.2) is 6.33 Å². The number of anilines is 1. The van der Waals surface area contributed by atoms with E-state index in [-0.39, 0.29) is 5.28 Å². The van der Waals surface area contributed by atoms with Gasteiger partial charge in [-0.15, -0.1) is 0 Å². The van der Waals surface area contributed by atoms with E-state index < -0.39 is 0 Å². The highest BCUT2D eigenvalue weighted by Gasteiger charge is 1.99. The van der Waals surface area contributed by atoms with Gasteiger partial charge < -0.3 is 0 Å². The second kappa shape index (κ2) is 4.94. The Bertz CT molecular complexity index is 267. The molecule has 72 valence electrons. The van der Waals surface area contributed by atoms with Crippen LogP contribution in [0.4, 0.5) is 5.95 Å². The third-order valence-corrected chi connectivity index (χ3v) is 1.77. The van der Waals surface area contributed by atoms with E-state index in [4.69, 9.17) is 11.6 Å². The molecule has 13 heavy (non-hydrogen) atoms. The Morgan fingerprint density at radius 2 is 2.31 bits per heavy atom. The molecule has 1 atom stereocenters. The Morgan fingerprint density at radius 1 is 1.54 bits per heavy atom. The van der Waals surface area contributed by atoms with E-state index in [9.17, 15) is 0 Å². The minimum Gasteiger partial charge on any atom is -0.289 e. The van der Waals surface area contributed by atoms with Crippen molar-refractivity contribution in [2.75, 3.05) is 5.43 Å². The van der Waals surface area contributed by atoms with E-state index >= 15 is 0 Å². The van der Waals surface area contributed by atoms with Crippen LogP contribution in [-0.4, -0.2) is 21.0 Å². The van der Waals surface area contributed by atoms with E-state index in [1.165, 1.54) is 6.33 Å². The van der Waals surface area contributed by atoms with Gasteiger partial charge in [-0.25, -0.2) is 15.4 Å². The van der Waals surface area contributed by atoms with Crippen LogP contribution in [0.3, 0.4) is 0 Å². The number of rotatable bonds is 4. The van der Waals surface area contributed by atoms with Gasteiger partial charge in [-0.2, -0.15) is 4.98 Å². The molecule has 6 heteroatoms. The van der Waals surface area contributed by atoms with Crippen molar-refractivity contribution in [3.8, 4) is 0 Å². The lowest BCUT2D eigenvalue weighted by molar-refractivity contribution is 0.583. The zero-order valence-electron chi connectivity index (χ0n) is 7.58. The largest absolute Gasteiger partial charge is 0.289 e. The zero-order chi connectivity index (χ0) is 9.68. The molecule has 5 nitrogen and oxygen atoms in total. The van der Waals surface area contributed by atoms with Crippen molar-refractivity contribution >= 4 is 17.5 Å². The molecule has 0 aromatic carbocycles. The Balaban J connectivity index is 2.45. The van der Waals surface area contributed by atoms with Gasteiger partial charge in [0.25, 0.3) is 0 Å². The van der Waals surface area contributed by atoms with Crippen LogP contribution in [0, 0.1) is 0 Å². The molecule has 0 amide bonds. The second-order valence-electron chi connectivity index (χ2n) is 2.66. The van der Waals surface area contributed by atoms with Crippen LogP contribution in [-0.2, 0) is 0 Å². The molecule has 1 aromatic heterocycles. The molecular weight excluding hydrogens is 190 g/mol. The Labute approximate surface area is 81.9 Å². The van der Waals surface area contributed by atoms with E-state index in [0.29, 0.717) is 12.0 Å². The number of hydrogen-bond donors (Lipinski definition) is 2. The SMILES string of the molecule is CCC(C)NNc1ncnc(Cl)n1. The van der Waals surface area contributed by atoms with Gasteiger partial charge in [0, 0.05) is 6.04 Å². The molecule has 0 aliphatic carbocycles. The zero-order valence-corrected chi connectivity index (χ0v) is 8.34. The molecule has 1 unspecified atom stereocenters. The van der Waals surface area contributed by atoms with E-state index in [1.54, 1.807) is 0 Å². The Kier molecular flexibility index (Phi) is 3.85. The van der Waals surface area contributed by atoms with Crippen LogP contribution in [0.2, 0.25) is 5.28 Å². The first-order valence-corrected chi connectivity index (χ1v) is 4.46. The number of halogens is 1. The molecule has 0 radical (unpaired) electrons. The first-order chi connectivity index (χ1) is 6.22. The van der Waals surface area contributed by atoms with E-state index in [0.717, 1.165) is 6.42 Å². The summed E-state index contributed by atoms with van der Waals surface area (Å²) < 4.78 is 0. The van der Waals surface area contributed by atoms with Crippen molar-refractivity contribution in [1.29, 1.82) is 0 Å². The first-order valence-electron chi connectivity index (χ1n) is 4.08. The van der Waals surface area contributed by atoms with Crippen LogP contribution in [0.1, 0.15) is 20.3 Å². The lowest BCUT2D eigenvalue weighted by Gasteiger charge is -2.11. The number of nitrogens with one attached hydrogen (secondary N) is 2. The number of nitrogens with zero attached hydrogens (tertiary/aromatic N) is 3. The molecule has 1 aromatic rings. The maximum Gasteiger partial charge on any atom is 0.241 e. The first kappa shape index (κ1) is 10.1. The smallest absolute Gasteiger partial charge is 0.241 e. The minimum atomic E-state index is 0.184. The molecule has 0 saturated heterocycles. The maximum atomic E-state index is 5.56. The standard InChI is InChI=1S/C7H12ClN5/c1-3-5(2)12-13-7-10-4-9-6(8)11-7/h4-5,12H,3H2,1-2H3,(H,9,10,11,13). The van der Waals surface area contributed by atoms with Gasteiger partial charge >= 0.3 is 0 Å². The average Bonchev–Trinajstić information content (AvgIpc) is 2.14. The minimum absolute atomic E-state index is 0.184. The summed E-state index contributed by atoms with van der Waals surface area (Å²) in [5.74, 6) is 0.431. The summed E-state index contributed by atoms with van der Waals surface area (Å²) in [7, 11) is 0. The van der Waals surface area contributed by atoms with Gasteiger partial charge in [-0.1, -0.05) is 6.92 Å². The molecule has 2 N–H and O–H groups in total. The number of hydrogen-bond acceptors (Lipinski definition) is 5. The normalized spacial score (nSPS) is 12.5. The van der Waals surface area contributed by atoms with Crippen LogP contribution < -0.4 is 10.9 Å². The topological polar surface area (TPSA) is 62.7 Å². The highest BCUT2D eigenvalue weighted by atomic mass is 35.5. The summed E-state index contributed by atoms with van der Waals surface area (Å²) in [5, 5.41) is 0.184. The fourth-order valence-corrected chi connectivity index (χ4v) is 0.750. The molecule has 0 fully saturated rings. The van der Waals surface area contributed by atoms with Gasteiger partial charge in [-0.3, -0.25) is 5.43 Å². The van der Waals surface area contributed by atoms with Crippen LogP contribution in [0.25, 0.3) is 0 Å². The van der Waals surface area contributed by atoms with Crippen LogP contribution >= 0.6 is 11.6 Å². The van der Waals surface area contributed by atoms with Gasteiger partial charge in [0.15, 0.2) is 0 Å². The molecule has 0 aliphatic heterocycles. The van der Waals surface area contributed by atoms with Gasteiger partial charge in [-0.05, 0) is 24.9 Å².